The smallest absolute Gasteiger partial charge is 0.298 e. The third kappa shape index (κ3) is 4.41. The summed E-state index contributed by atoms with van der Waals surface area (Å²) in [5.74, 6) is 1.19. The predicted octanol–water partition coefficient (Wildman–Crippen LogP) is 3.33. The van der Waals surface area contributed by atoms with Crippen molar-refractivity contribution in [2.45, 2.75) is 38.6 Å². The fourth-order valence-electron chi connectivity index (χ4n) is 3.73. The Morgan fingerprint density at radius 1 is 1.39 bits per heavy atom. The van der Waals surface area contributed by atoms with Crippen LogP contribution in [0.15, 0.2) is 22.6 Å². The molecule has 0 bridgehead atoms. The average molecular weight is 389 g/mol. The quantitative estimate of drug-likeness (QED) is 0.724. The van der Waals surface area contributed by atoms with Crippen LogP contribution < -0.4 is 9.64 Å². The van der Waals surface area contributed by atoms with Gasteiger partial charge in [0, 0.05) is 39.7 Å². The van der Waals surface area contributed by atoms with E-state index in [9.17, 15) is 4.79 Å². The first kappa shape index (κ1) is 20.5. The molecule has 1 fully saturated rings. The number of hydrogen-bond donors (Lipinski definition) is 0. The SMILES string of the molecule is COCC(C)(C)N(C)C(=O)CC1CCCN(c2nc3cc(OC)ccc3o2)C1. The number of oxazole rings is 1. The van der Waals surface area contributed by atoms with Crippen LogP contribution >= 0.6 is 0 Å². The second-order valence-corrected chi connectivity index (χ2v) is 8.19. The number of methoxy groups -OCH3 is 2. The Balaban J connectivity index is 1.66. The van der Waals surface area contributed by atoms with Crippen molar-refractivity contribution >= 4 is 23.0 Å². The van der Waals surface area contributed by atoms with E-state index in [-0.39, 0.29) is 17.4 Å². The number of carbonyl (C=O) groups excluding carboxylic acids is 1. The minimum absolute atomic E-state index is 0.149. The lowest BCUT2D eigenvalue weighted by molar-refractivity contribution is -0.137. The molecule has 0 N–H and O–H groups in total. The minimum Gasteiger partial charge on any atom is -0.497 e. The van der Waals surface area contributed by atoms with E-state index in [1.165, 1.54) is 0 Å². The van der Waals surface area contributed by atoms with Crippen LogP contribution in [0.1, 0.15) is 33.1 Å². The zero-order valence-electron chi connectivity index (χ0n) is 17.5. The summed E-state index contributed by atoms with van der Waals surface area (Å²) in [6.45, 7) is 6.22. The lowest BCUT2D eigenvalue weighted by atomic mass is 9.93. The molecule has 0 saturated carbocycles. The molecule has 7 heteroatoms. The van der Waals surface area contributed by atoms with Crippen molar-refractivity contribution in [1.82, 2.24) is 9.88 Å². The van der Waals surface area contributed by atoms with Crippen LogP contribution in [0.3, 0.4) is 0 Å². The topological polar surface area (TPSA) is 68.0 Å². The molecule has 1 aromatic carbocycles. The molecule has 7 nitrogen and oxygen atoms in total. The summed E-state index contributed by atoms with van der Waals surface area (Å²) in [4.78, 5) is 21.4. The van der Waals surface area contributed by atoms with Gasteiger partial charge in [0.05, 0.1) is 19.3 Å². The largest absolute Gasteiger partial charge is 0.497 e. The van der Waals surface area contributed by atoms with Crippen molar-refractivity contribution in [3.8, 4) is 5.75 Å². The summed E-state index contributed by atoms with van der Waals surface area (Å²) < 4.78 is 16.5. The number of aromatic nitrogens is 1. The second kappa shape index (κ2) is 8.39. The van der Waals surface area contributed by atoms with E-state index in [1.54, 1.807) is 19.1 Å². The van der Waals surface area contributed by atoms with Gasteiger partial charge in [0.15, 0.2) is 5.58 Å². The maximum absolute atomic E-state index is 12.8. The van der Waals surface area contributed by atoms with Crippen molar-refractivity contribution < 1.29 is 18.7 Å². The van der Waals surface area contributed by atoms with Gasteiger partial charge in [0.25, 0.3) is 6.01 Å². The number of amides is 1. The number of carbonyl (C=O) groups is 1. The molecule has 1 aliphatic heterocycles. The first-order valence-electron chi connectivity index (χ1n) is 9.79. The van der Waals surface area contributed by atoms with Crippen LogP contribution in [0.2, 0.25) is 0 Å². The highest BCUT2D eigenvalue weighted by Gasteiger charge is 2.31. The maximum atomic E-state index is 12.8. The van der Waals surface area contributed by atoms with E-state index in [4.69, 9.17) is 13.9 Å². The Bertz CT molecular complexity index is 817. The van der Waals surface area contributed by atoms with E-state index >= 15 is 0 Å². The summed E-state index contributed by atoms with van der Waals surface area (Å²) in [6.07, 6.45) is 2.58. The Morgan fingerprint density at radius 3 is 2.89 bits per heavy atom. The van der Waals surface area contributed by atoms with E-state index in [0.29, 0.717) is 19.0 Å². The van der Waals surface area contributed by atoms with E-state index in [2.05, 4.69) is 9.88 Å². The fraction of sp³-hybridized carbons (Fsp3) is 0.619. The first-order valence-corrected chi connectivity index (χ1v) is 9.79. The van der Waals surface area contributed by atoms with Gasteiger partial charge in [-0.1, -0.05) is 0 Å². The van der Waals surface area contributed by atoms with Gasteiger partial charge in [-0.15, -0.1) is 0 Å². The van der Waals surface area contributed by atoms with Crippen molar-refractivity contribution in [2.24, 2.45) is 5.92 Å². The highest BCUT2D eigenvalue weighted by molar-refractivity contribution is 5.77. The predicted molar refractivity (Wildman–Crippen MR) is 109 cm³/mol. The number of fused-ring (bicyclic) bond motifs is 1. The number of nitrogens with zero attached hydrogens (tertiary/aromatic N) is 3. The van der Waals surface area contributed by atoms with Crippen LogP contribution in [-0.4, -0.2) is 62.3 Å². The Kier molecular flexibility index (Phi) is 6.13. The van der Waals surface area contributed by atoms with Crippen LogP contribution in [0.25, 0.3) is 11.1 Å². The molecule has 2 heterocycles. The molecule has 1 amide bonds. The van der Waals surface area contributed by atoms with Crippen molar-refractivity contribution in [2.75, 3.05) is 45.9 Å². The number of hydrogen-bond acceptors (Lipinski definition) is 6. The molecule has 0 radical (unpaired) electrons. The standard InChI is InChI=1S/C21H31N3O4/c1-21(2,14-26-4)23(3)19(25)11-15-7-6-10-24(13-15)20-22-17-12-16(27-5)8-9-18(17)28-20/h8-9,12,15H,6-7,10-11,13-14H2,1-5H3. The van der Waals surface area contributed by atoms with Gasteiger partial charge >= 0.3 is 0 Å². The van der Waals surface area contributed by atoms with Crippen molar-refractivity contribution in [3.05, 3.63) is 18.2 Å². The zero-order valence-corrected chi connectivity index (χ0v) is 17.5. The molecular weight excluding hydrogens is 358 g/mol. The molecular formula is C21H31N3O4. The number of anilines is 1. The molecule has 0 aliphatic carbocycles. The highest BCUT2D eigenvalue weighted by Crippen LogP contribution is 2.30. The number of piperidine rings is 1. The van der Waals surface area contributed by atoms with Crippen LogP contribution in [0, 0.1) is 5.92 Å². The van der Waals surface area contributed by atoms with Gasteiger partial charge in [0.1, 0.15) is 11.3 Å². The van der Waals surface area contributed by atoms with Gasteiger partial charge in [-0.3, -0.25) is 4.79 Å². The van der Waals surface area contributed by atoms with Gasteiger partial charge in [-0.25, -0.2) is 0 Å². The molecule has 154 valence electrons. The monoisotopic (exact) mass is 389 g/mol. The lowest BCUT2D eigenvalue weighted by Gasteiger charge is -2.37. The van der Waals surface area contributed by atoms with Crippen LogP contribution in [-0.2, 0) is 9.53 Å². The van der Waals surface area contributed by atoms with E-state index < -0.39 is 0 Å². The summed E-state index contributed by atoms with van der Waals surface area (Å²) in [6, 6.07) is 6.24. The molecule has 1 atom stereocenters. The molecule has 3 rings (SSSR count). The maximum Gasteiger partial charge on any atom is 0.298 e. The van der Waals surface area contributed by atoms with Crippen LogP contribution in [0.5, 0.6) is 5.75 Å². The highest BCUT2D eigenvalue weighted by atomic mass is 16.5. The third-order valence-electron chi connectivity index (χ3n) is 5.62. The molecule has 0 spiro atoms. The number of ether oxygens (including phenoxy) is 2. The fourth-order valence-corrected chi connectivity index (χ4v) is 3.73. The minimum atomic E-state index is -0.320. The molecule has 1 aromatic heterocycles. The molecule has 1 unspecified atom stereocenters. The number of benzene rings is 1. The second-order valence-electron chi connectivity index (χ2n) is 8.19. The average Bonchev–Trinajstić information content (AvgIpc) is 3.10. The zero-order chi connectivity index (χ0) is 20.3. The van der Waals surface area contributed by atoms with Gasteiger partial charge in [-0.2, -0.15) is 4.98 Å². The summed E-state index contributed by atoms with van der Waals surface area (Å²) in [5.41, 5.74) is 1.21. The summed E-state index contributed by atoms with van der Waals surface area (Å²) in [5, 5.41) is 0. The summed E-state index contributed by atoms with van der Waals surface area (Å²) in [7, 11) is 5.16. The Morgan fingerprint density at radius 2 is 2.18 bits per heavy atom. The Hall–Kier alpha value is -2.28. The normalized spacial score (nSPS) is 17.8. The van der Waals surface area contributed by atoms with E-state index in [0.717, 1.165) is 42.8 Å². The lowest BCUT2D eigenvalue weighted by Crippen LogP contribution is -2.49. The number of rotatable bonds is 7. The molecule has 1 saturated heterocycles. The van der Waals surface area contributed by atoms with Crippen molar-refractivity contribution in [1.29, 1.82) is 0 Å². The van der Waals surface area contributed by atoms with E-state index in [1.807, 2.05) is 39.1 Å². The summed E-state index contributed by atoms with van der Waals surface area (Å²) >= 11 is 0. The third-order valence-corrected chi connectivity index (χ3v) is 5.62. The Labute approximate surface area is 166 Å². The van der Waals surface area contributed by atoms with Crippen LogP contribution in [0.4, 0.5) is 6.01 Å². The molecule has 28 heavy (non-hydrogen) atoms. The molecule has 1 aliphatic rings. The van der Waals surface area contributed by atoms with Gasteiger partial charge in [-0.05, 0) is 44.7 Å². The molecule has 2 aromatic rings. The van der Waals surface area contributed by atoms with Gasteiger partial charge < -0.3 is 23.7 Å². The van der Waals surface area contributed by atoms with Crippen molar-refractivity contribution in [3.63, 3.8) is 0 Å². The van der Waals surface area contributed by atoms with Gasteiger partial charge in [0.2, 0.25) is 5.91 Å². The number of likely N-dealkylation sites (N-methyl/N-ethyl adjacent to an activating group) is 1. The first-order chi connectivity index (χ1) is 13.3.